The summed E-state index contributed by atoms with van der Waals surface area (Å²) in [6, 6.07) is 6.32. The highest BCUT2D eigenvalue weighted by atomic mass is 19.4. The van der Waals surface area contributed by atoms with E-state index in [1.54, 1.807) is 0 Å². The summed E-state index contributed by atoms with van der Waals surface area (Å²) in [6.07, 6.45) is -2.35. The van der Waals surface area contributed by atoms with Gasteiger partial charge in [0.25, 0.3) is 0 Å². The first-order valence-electron chi connectivity index (χ1n) is 6.79. The topological polar surface area (TPSA) is 3.24 Å². The van der Waals surface area contributed by atoms with Crippen LogP contribution in [-0.2, 0) is 6.18 Å². The minimum Gasteiger partial charge on any atom is -0.301 e. The van der Waals surface area contributed by atoms with Crippen molar-refractivity contribution in [1.29, 1.82) is 0 Å². The number of likely N-dealkylation sites (tertiary alicyclic amines) is 1. The highest BCUT2D eigenvalue weighted by molar-refractivity contribution is 5.28. The van der Waals surface area contributed by atoms with Crippen LogP contribution in [0.1, 0.15) is 43.7 Å². The molecule has 0 spiro atoms. The lowest BCUT2D eigenvalue weighted by Gasteiger charge is -2.34. The summed E-state index contributed by atoms with van der Waals surface area (Å²) < 4.78 is 38.1. The van der Waals surface area contributed by atoms with Crippen molar-refractivity contribution in [3.8, 4) is 0 Å². The predicted molar refractivity (Wildman–Crippen MR) is 70.1 cm³/mol. The molecular formula is C15H20F3N. The molecule has 1 aromatic rings. The Kier molecular flexibility index (Phi) is 4.19. The molecule has 0 bridgehead atoms. The summed E-state index contributed by atoms with van der Waals surface area (Å²) >= 11 is 0. The van der Waals surface area contributed by atoms with Crippen LogP contribution in [0.25, 0.3) is 0 Å². The summed E-state index contributed by atoms with van der Waals surface area (Å²) in [7, 11) is 0. The van der Waals surface area contributed by atoms with Crippen molar-refractivity contribution >= 4 is 0 Å². The largest absolute Gasteiger partial charge is 0.416 e. The van der Waals surface area contributed by atoms with E-state index in [1.165, 1.54) is 12.1 Å². The molecule has 0 atom stereocenters. The number of rotatable bonds is 2. The van der Waals surface area contributed by atoms with Crippen molar-refractivity contribution in [1.82, 2.24) is 4.90 Å². The number of piperidine rings is 1. The second kappa shape index (κ2) is 5.53. The second-order valence-electron chi connectivity index (χ2n) is 5.53. The predicted octanol–water partition coefficient (Wildman–Crippen LogP) is 4.29. The van der Waals surface area contributed by atoms with Gasteiger partial charge in [-0.3, -0.25) is 0 Å². The summed E-state index contributed by atoms with van der Waals surface area (Å²) in [6.45, 7) is 6.26. The first-order valence-corrected chi connectivity index (χ1v) is 6.79. The molecule has 0 unspecified atom stereocenters. The summed E-state index contributed by atoms with van der Waals surface area (Å²) in [5.41, 5.74) is 0.300. The van der Waals surface area contributed by atoms with E-state index in [0.29, 0.717) is 6.04 Å². The maximum absolute atomic E-state index is 12.7. The molecule has 1 aliphatic rings. The average Bonchev–Trinajstić information content (AvgIpc) is 2.38. The minimum absolute atomic E-state index is 0.261. The molecule has 106 valence electrons. The number of alkyl halides is 3. The third-order valence-corrected chi connectivity index (χ3v) is 3.95. The van der Waals surface area contributed by atoms with Gasteiger partial charge in [-0.15, -0.1) is 0 Å². The zero-order chi connectivity index (χ0) is 14.0. The molecule has 0 radical (unpaired) electrons. The Morgan fingerprint density at radius 2 is 1.79 bits per heavy atom. The molecule has 19 heavy (non-hydrogen) atoms. The van der Waals surface area contributed by atoms with Crippen molar-refractivity contribution in [2.75, 3.05) is 13.1 Å². The fourth-order valence-corrected chi connectivity index (χ4v) is 2.72. The van der Waals surface area contributed by atoms with Crippen LogP contribution in [0.3, 0.4) is 0 Å². The van der Waals surface area contributed by atoms with Crippen LogP contribution in [0.15, 0.2) is 24.3 Å². The van der Waals surface area contributed by atoms with E-state index in [9.17, 15) is 13.2 Å². The minimum atomic E-state index is -4.24. The van der Waals surface area contributed by atoms with E-state index >= 15 is 0 Å². The highest BCUT2D eigenvalue weighted by Crippen LogP contribution is 2.34. The van der Waals surface area contributed by atoms with Crippen molar-refractivity contribution < 1.29 is 13.2 Å². The third kappa shape index (κ3) is 3.50. The van der Waals surface area contributed by atoms with Gasteiger partial charge < -0.3 is 4.90 Å². The average molecular weight is 271 g/mol. The van der Waals surface area contributed by atoms with Crippen LogP contribution < -0.4 is 0 Å². The first kappa shape index (κ1) is 14.4. The fourth-order valence-electron chi connectivity index (χ4n) is 2.72. The molecule has 4 heteroatoms. The molecular weight excluding hydrogens is 251 g/mol. The van der Waals surface area contributed by atoms with Gasteiger partial charge in [0.15, 0.2) is 0 Å². The van der Waals surface area contributed by atoms with E-state index < -0.39 is 11.7 Å². The lowest BCUT2D eigenvalue weighted by molar-refractivity contribution is -0.137. The Labute approximate surface area is 112 Å². The van der Waals surface area contributed by atoms with Crippen molar-refractivity contribution in [3.05, 3.63) is 35.4 Å². The van der Waals surface area contributed by atoms with Gasteiger partial charge in [-0.25, -0.2) is 0 Å². The van der Waals surface area contributed by atoms with Crippen LogP contribution in [0, 0.1) is 0 Å². The standard InChI is InChI=1S/C15H20F3N/c1-11(2)19-8-6-12(7-9-19)13-4-3-5-14(10-13)15(16,17)18/h3-5,10-12H,6-9H2,1-2H3. The van der Waals surface area contributed by atoms with Crippen LogP contribution >= 0.6 is 0 Å². The SMILES string of the molecule is CC(C)N1CCC(c2cccc(C(F)(F)F)c2)CC1. The van der Waals surface area contributed by atoms with E-state index in [1.807, 2.05) is 6.07 Å². The lowest BCUT2D eigenvalue weighted by Crippen LogP contribution is -2.37. The van der Waals surface area contributed by atoms with Crippen LogP contribution in [0.2, 0.25) is 0 Å². The van der Waals surface area contributed by atoms with Crippen molar-refractivity contribution in [2.45, 2.75) is 44.8 Å². The Morgan fingerprint density at radius 3 is 2.32 bits per heavy atom. The third-order valence-electron chi connectivity index (χ3n) is 3.95. The van der Waals surface area contributed by atoms with Crippen molar-refractivity contribution in [2.24, 2.45) is 0 Å². The molecule has 1 saturated heterocycles. The quantitative estimate of drug-likeness (QED) is 0.775. The van der Waals surface area contributed by atoms with E-state index in [4.69, 9.17) is 0 Å². The smallest absolute Gasteiger partial charge is 0.301 e. The van der Waals surface area contributed by atoms with Gasteiger partial charge in [0.05, 0.1) is 5.56 Å². The van der Waals surface area contributed by atoms with Gasteiger partial charge in [0.2, 0.25) is 0 Å². The van der Waals surface area contributed by atoms with E-state index in [2.05, 4.69) is 18.7 Å². The number of nitrogens with zero attached hydrogens (tertiary/aromatic N) is 1. The Morgan fingerprint density at radius 1 is 1.16 bits per heavy atom. The molecule has 1 fully saturated rings. The Balaban J connectivity index is 2.08. The molecule has 0 amide bonds. The number of benzene rings is 1. The molecule has 0 aliphatic carbocycles. The maximum Gasteiger partial charge on any atom is 0.416 e. The van der Waals surface area contributed by atoms with Gasteiger partial charge in [-0.1, -0.05) is 18.2 Å². The van der Waals surface area contributed by atoms with Crippen LogP contribution in [0.4, 0.5) is 13.2 Å². The van der Waals surface area contributed by atoms with E-state index in [0.717, 1.165) is 37.6 Å². The first-order chi connectivity index (χ1) is 8.88. The van der Waals surface area contributed by atoms with Crippen LogP contribution in [-0.4, -0.2) is 24.0 Å². The van der Waals surface area contributed by atoms with Crippen molar-refractivity contribution in [3.63, 3.8) is 0 Å². The molecule has 0 aromatic heterocycles. The zero-order valence-electron chi connectivity index (χ0n) is 11.4. The molecule has 1 heterocycles. The normalized spacial score (nSPS) is 19.1. The molecule has 2 rings (SSSR count). The number of hydrogen-bond donors (Lipinski definition) is 0. The van der Waals surface area contributed by atoms with Gasteiger partial charge in [-0.05, 0) is 57.3 Å². The highest BCUT2D eigenvalue weighted by Gasteiger charge is 2.31. The maximum atomic E-state index is 12.7. The molecule has 1 aliphatic heterocycles. The Bertz CT molecular complexity index is 418. The van der Waals surface area contributed by atoms with Gasteiger partial charge >= 0.3 is 6.18 Å². The van der Waals surface area contributed by atoms with Crippen LogP contribution in [0.5, 0.6) is 0 Å². The fraction of sp³-hybridized carbons (Fsp3) is 0.600. The summed E-state index contributed by atoms with van der Waals surface area (Å²) in [5, 5.41) is 0. The Hall–Kier alpha value is -1.03. The monoisotopic (exact) mass is 271 g/mol. The molecule has 0 N–H and O–H groups in total. The number of hydrogen-bond acceptors (Lipinski definition) is 1. The molecule has 1 nitrogen and oxygen atoms in total. The number of halogens is 3. The lowest BCUT2D eigenvalue weighted by atomic mass is 9.88. The van der Waals surface area contributed by atoms with Gasteiger partial charge in [-0.2, -0.15) is 13.2 Å². The molecule has 0 saturated carbocycles. The zero-order valence-corrected chi connectivity index (χ0v) is 11.4. The molecule has 1 aromatic carbocycles. The second-order valence-corrected chi connectivity index (χ2v) is 5.53. The summed E-state index contributed by atoms with van der Waals surface area (Å²) in [5.74, 6) is 0.261. The van der Waals surface area contributed by atoms with Gasteiger partial charge in [0.1, 0.15) is 0 Å². The van der Waals surface area contributed by atoms with E-state index in [-0.39, 0.29) is 5.92 Å². The van der Waals surface area contributed by atoms with Gasteiger partial charge in [0, 0.05) is 6.04 Å². The summed E-state index contributed by atoms with van der Waals surface area (Å²) in [4.78, 5) is 2.38.